The Bertz CT molecular complexity index is 331. The molecule has 0 aliphatic carbocycles. The quantitative estimate of drug-likeness (QED) is 0.681. The van der Waals surface area contributed by atoms with Gasteiger partial charge in [0.1, 0.15) is 0 Å². The van der Waals surface area contributed by atoms with Crippen molar-refractivity contribution in [3.63, 3.8) is 0 Å². The van der Waals surface area contributed by atoms with E-state index in [0.717, 1.165) is 0 Å². The van der Waals surface area contributed by atoms with E-state index >= 15 is 0 Å². The Labute approximate surface area is 93.6 Å². The van der Waals surface area contributed by atoms with Gasteiger partial charge in [-0.15, -0.1) is 0 Å². The smallest absolute Gasteiger partial charge is 0.356 e. The molecule has 0 amide bonds. The molecule has 6 heteroatoms. The monoisotopic (exact) mass is 228 g/mol. The van der Waals surface area contributed by atoms with Gasteiger partial charge in [-0.1, -0.05) is 0 Å². The molecule has 0 bridgehead atoms. The predicted octanol–water partition coefficient (Wildman–Crippen LogP) is 1.05. The summed E-state index contributed by atoms with van der Waals surface area (Å²) in [6.07, 6.45) is 0.0965. The molecule has 0 saturated carbocycles. The van der Waals surface area contributed by atoms with Gasteiger partial charge in [0.15, 0.2) is 12.0 Å². The summed E-state index contributed by atoms with van der Waals surface area (Å²) in [6.45, 7) is 4.85. The van der Waals surface area contributed by atoms with E-state index < -0.39 is 5.97 Å². The number of carboxylic acids is 1. The molecule has 2 N–H and O–H groups in total. The number of aromatic nitrogens is 2. The zero-order chi connectivity index (χ0) is 12.0. The van der Waals surface area contributed by atoms with Crippen LogP contribution in [0, 0.1) is 0 Å². The molecule has 1 aromatic rings. The van der Waals surface area contributed by atoms with Crippen LogP contribution in [-0.2, 0) is 15.9 Å². The van der Waals surface area contributed by atoms with Crippen LogP contribution in [0.25, 0.3) is 0 Å². The van der Waals surface area contributed by atoms with Crippen molar-refractivity contribution in [3.8, 4) is 0 Å². The summed E-state index contributed by atoms with van der Waals surface area (Å²) in [5, 5.41) is 15.0. The minimum Gasteiger partial charge on any atom is -0.476 e. The maximum absolute atomic E-state index is 10.6. The van der Waals surface area contributed by atoms with Gasteiger partial charge in [-0.3, -0.25) is 5.10 Å². The Kier molecular flexibility index (Phi) is 4.94. The van der Waals surface area contributed by atoms with E-state index in [2.05, 4.69) is 10.2 Å². The van der Waals surface area contributed by atoms with Gasteiger partial charge >= 0.3 is 5.97 Å². The molecule has 0 aliphatic rings. The highest BCUT2D eigenvalue weighted by Gasteiger charge is 2.13. The number of carbonyl (C=O) groups is 1. The molecule has 0 aliphatic heterocycles. The van der Waals surface area contributed by atoms with E-state index in [1.165, 1.54) is 6.07 Å². The second-order valence-corrected chi connectivity index (χ2v) is 3.13. The molecule has 6 nitrogen and oxygen atoms in total. The first kappa shape index (κ1) is 12.7. The van der Waals surface area contributed by atoms with Crippen LogP contribution in [0.15, 0.2) is 6.07 Å². The van der Waals surface area contributed by atoms with Crippen LogP contribution in [0.5, 0.6) is 0 Å². The number of nitrogens with zero attached hydrogens (tertiary/aromatic N) is 1. The van der Waals surface area contributed by atoms with Crippen molar-refractivity contribution in [1.29, 1.82) is 0 Å². The lowest BCUT2D eigenvalue weighted by molar-refractivity contribution is -0.135. The minimum atomic E-state index is -1.05. The number of hydrogen-bond donors (Lipinski definition) is 2. The molecule has 1 rings (SSSR count). The third kappa shape index (κ3) is 3.63. The summed E-state index contributed by atoms with van der Waals surface area (Å²) in [6, 6.07) is 1.48. The third-order valence-corrected chi connectivity index (χ3v) is 1.94. The molecule has 1 aromatic heterocycles. The number of aromatic carboxylic acids is 1. The fourth-order valence-electron chi connectivity index (χ4n) is 1.29. The Hall–Kier alpha value is -1.40. The topological polar surface area (TPSA) is 84.4 Å². The number of hydrogen-bond acceptors (Lipinski definition) is 4. The van der Waals surface area contributed by atoms with Gasteiger partial charge in [0.25, 0.3) is 0 Å². The second kappa shape index (κ2) is 6.24. The molecule has 0 aromatic carbocycles. The number of H-pyrrole nitrogens is 1. The highest BCUT2D eigenvalue weighted by atomic mass is 16.7. The third-order valence-electron chi connectivity index (χ3n) is 1.94. The van der Waals surface area contributed by atoms with Gasteiger partial charge in [0.2, 0.25) is 0 Å². The first-order valence-electron chi connectivity index (χ1n) is 5.18. The largest absolute Gasteiger partial charge is 0.476 e. The Morgan fingerprint density at radius 2 is 2.12 bits per heavy atom. The summed E-state index contributed by atoms with van der Waals surface area (Å²) in [7, 11) is 0. The first-order valence-corrected chi connectivity index (χ1v) is 5.18. The van der Waals surface area contributed by atoms with E-state index in [1.54, 1.807) is 0 Å². The van der Waals surface area contributed by atoms with E-state index in [1.807, 2.05) is 13.8 Å². The number of rotatable bonds is 7. The molecule has 0 radical (unpaired) electrons. The predicted molar refractivity (Wildman–Crippen MR) is 56.3 cm³/mol. The molecular weight excluding hydrogens is 212 g/mol. The Morgan fingerprint density at radius 1 is 1.50 bits per heavy atom. The molecule has 0 unspecified atom stereocenters. The molecule has 0 saturated heterocycles. The van der Waals surface area contributed by atoms with Crippen molar-refractivity contribution in [1.82, 2.24) is 10.2 Å². The molecule has 0 atom stereocenters. The van der Waals surface area contributed by atoms with Gasteiger partial charge in [-0.25, -0.2) is 4.79 Å². The lowest BCUT2D eigenvalue weighted by atomic mass is 10.3. The number of ether oxygens (including phenoxy) is 2. The fraction of sp³-hybridized carbons (Fsp3) is 0.600. The van der Waals surface area contributed by atoms with Gasteiger partial charge in [-0.2, -0.15) is 5.10 Å². The van der Waals surface area contributed by atoms with Gasteiger partial charge < -0.3 is 14.6 Å². The summed E-state index contributed by atoms with van der Waals surface area (Å²) in [5.74, 6) is -1.05. The highest BCUT2D eigenvalue weighted by molar-refractivity contribution is 5.85. The summed E-state index contributed by atoms with van der Waals surface area (Å²) >= 11 is 0. The van der Waals surface area contributed by atoms with Crippen LogP contribution >= 0.6 is 0 Å². The lowest BCUT2D eigenvalue weighted by Crippen LogP contribution is -2.20. The average Bonchev–Trinajstić information content (AvgIpc) is 2.67. The molecule has 90 valence electrons. The highest BCUT2D eigenvalue weighted by Crippen LogP contribution is 2.07. The first-order chi connectivity index (χ1) is 7.67. The zero-order valence-corrected chi connectivity index (χ0v) is 9.40. The fourth-order valence-corrected chi connectivity index (χ4v) is 1.29. The van der Waals surface area contributed by atoms with Crippen LogP contribution in [0.2, 0.25) is 0 Å². The van der Waals surface area contributed by atoms with Crippen molar-refractivity contribution in [2.24, 2.45) is 0 Å². The number of carboxylic acid groups (broad SMARTS) is 1. The van der Waals surface area contributed by atoms with E-state index in [4.69, 9.17) is 14.6 Å². The average molecular weight is 228 g/mol. The maximum Gasteiger partial charge on any atom is 0.356 e. The normalized spacial score (nSPS) is 10.9. The van der Waals surface area contributed by atoms with E-state index in [-0.39, 0.29) is 12.0 Å². The van der Waals surface area contributed by atoms with Crippen molar-refractivity contribution in [2.45, 2.75) is 26.6 Å². The lowest BCUT2D eigenvalue weighted by Gasteiger charge is -2.15. The van der Waals surface area contributed by atoms with Crippen molar-refractivity contribution in [2.75, 3.05) is 13.2 Å². The maximum atomic E-state index is 10.6. The van der Waals surface area contributed by atoms with Crippen molar-refractivity contribution < 1.29 is 19.4 Å². The van der Waals surface area contributed by atoms with E-state index in [0.29, 0.717) is 25.3 Å². The summed E-state index contributed by atoms with van der Waals surface area (Å²) in [4.78, 5) is 10.6. The van der Waals surface area contributed by atoms with Crippen LogP contribution in [-0.4, -0.2) is 40.8 Å². The SMILES string of the molecule is CCOC(Cc1cc(C(=O)O)n[nH]1)OCC. The summed E-state index contributed by atoms with van der Waals surface area (Å²) < 4.78 is 10.7. The van der Waals surface area contributed by atoms with Crippen molar-refractivity contribution >= 4 is 5.97 Å². The van der Waals surface area contributed by atoms with E-state index in [9.17, 15) is 4.79 Å². The molecule has 1 heterocycles. The Balaban J connectivity index is 2.58. The number of nitrogens with one attached hydrogen (secondary N) is 1. The Morgan fingerprint density at radius 3 is 2.56 bits per heavy atom. The van der Waals surface area contributed by atoms with Crippen LogP contribution < -0.4 is 0 Å². The van der Waals surface area contributed by atoms with Gasteiger partial charge in [0, 0.05) is 25.3 Å². The van der Waals surface area contributed by atoms with Gasteiger partial charge in [-0.05, 0) is 19.9 Å². The zero-order valence-electron chi connectivity index (χ0n) is 9.40. The molecule has 0 fully saturated rings. The van der Waals surface area contributed by atoms with Crippen molar-refractivity contribution in [3.05, 3.63) is 17.5 Å². The molecular formula is C10H16N2O4. The van der Waals surface area contributed by atoms with Gasteiger partial charge in [0.05, 0.1) is 0 Å². The van der Waals surface area contributed by atoms with Crippen LogP contribution in [0.1, 0.15) is 30.0 Å². The molecule has 0 spiro atoms. The standard InChI is InChI=1S/C10H16N2O4/c1-3-15-9(16-4-2)6-7-5-8(10(13)14)12-11-7/h5,9H,3-4,6H2,1-2H3,(H,11,12)(H,13,14). The van der Waals surface area contributed by atoms with Crippen LogP contribution in [0.4, 0.5) is 0 Å². The minimum absolute atomic E-state index is 0.00162. The number of aromatic amines is 1. The second-order valence-electron chi connectivity index (χ2n) is 3.13. The molecule has 16 heavy (non-hydrogen) atoms. The summed E-state index contributed by atoms with van der Waals surface area (Å²) in [5.41, 5.74) is 0.686. The van der Waals surface area contributed by atoms with Crippen LogP contribution in [0.3, 0.4) is 0 Å².